The third-order valence-corrected chi connectivity index (χ3v) is 5.60. The number of hydrogen-bond donors (Lipinski definition) is 1. The van der Waals surface area contributed by atoms with Gasteiger partial charge in [-0.1, -0.05) is 11.6 Å². The third kappa shape index (κ3) is 3.81. The molecule has 2 aliphatic rings. The van der Waals surface area contributed by atoms with Gasteiger partial charge in [0.1, 0.15) is 6.61 Å². The summed E-state index contributed by atoms with van der Waals surface area (Å²) in [7, 11) is 0. The van der Waals surface area contributed by atoms with Crippen molar-refractivity contribution in [3.63, 3.8) is 0 Å². The summed E-state index contributed by atoms with van der Waals surface area (Å²) in [5.74, 6) is -0.0809. The first-order valence-electron chi connectivity index (χ1n) is 9.73. The maximum atomic E-state index is 14.6. The first-order chi connectivity index (χ1) is 14.5. The lowest BCUT2D eigenvalue weighted by Crippen LogP contribution is -2.11. The molecule has 2 aromatic heterocycles. The largest absolute Gasteiger partial charge is 0.489 e. The van der Waals surface area contributed by atoms with E-state index < -0.39 is 11.2 Å². The highest BCUT2D eigenvalue weighted by atomic mass is 35.5. The van der Waals surface area contributed by atoms with Gasteiger partial charge < -0.3 is 10.1 Å². The van der Waals surface area contributed by atoms with Crippen LogP contribution in [0, 0.1) is 22.6 Å². The van der Waals surface area contributed by atoms with Crippen LogP contribution in [0.5, 0.6) is 5.75 Å². The van der Waals surface area contributed by atoms with Gasteiger partial charge in [0.15, 0.2) is 11.6 Å². The summed E-state index contributed by atoms with van der Waals surface area (Å²) in [6.45, 7) is 0.191. The van der Waals surface area contributed by atoms with Gasteiger partial charge in [-0.3, -0.25) is 4.68 Å². The van der Waals surface area contributed by atoms with Crippen LogP contribution in [0.3, 0.4) is 0 Å². The zero-order chi connectivity index (χ0) is 20.7. The average Bonchev–Trinajstić information content (AvgIpc) is 3.68. The van der Waals surface area contributed by atoms with Gasteiger partial charge in [0.2, 0.25) is 5.95 Å². The minimum atomic E-state index is -0.531. The molecule has 30 heavy (non-hydrogen) atoms. The predicted octanol–water partition coefficient (Wildman–Crippen LogP) is 4.89. The predicted molar refractivity (Wildman–Crippen MR) is 109 cm³/mol. The fourth-order valence-corrected chi connectivity index (χ4v) is 3.32. The number of aromatic nitrogens is 4. The number of hydrogen-bond acceptors (Lipinski definition) is 6. The van der Waals surface area contributed by atoms with E-state index in [9.17, 15) is 4.39 Å². The number of benzene rings is 1. The molecular weight excluding hydrogens is 407 g/mol. The number of halogens is 2. The molecule has 0 aliphatic heterocycles. The van der Waals surface area contributed by atoms with Crippen molar-refractivity contribution >= 4 is 23.2 Å². The quantitative estimate of drug-likeness (QED) is 0.580. The van der Waals surface area contributed by atoms with Crippen LogP contribution in [0.2, 0.25) is 5.02 Å². The molecule has 0 radical (unpaired) electrons. The van der Waals surface area contributed by atoms with Gasteiger partial charge in [0.05, 0.1) is 46.3 Å². The molecule has 0 saturated heterocycles. The maximum absolute atomic E-state index is 14.6. The molecule has 0 spiro atoms. The van der Waals surface area contributed by atoms with Crippen LogP contribution in [0.1, 0.15) is 31.7 Å². The van der Waals surface area contributed by atoms with Crippen LogP contribution in [-0.2, 0) is 0 Å². The summed E-state index contributed by atoms with van der Waals surface area (Å²) in [6, 6.07) is 7.25. The Kier molecular flexibility index (Phi) is 4.55. The smallest absolute Gasteiger partial charge is 0.227 e. The summed E-state index contributed by atoms with van der Waals surface area (Å²) < 4.78 is 22.0. The highest BCUT2D eigenvalue weighted by molar-refractivity contribution is 6.32. The normalized spacial score (nSPS) is 16.7. The van der Waals surface area contributed by atoms with Gasteiger partial charge in [-0.25, -0.2) is 14.4 Å². The highest BCUT2D eigenvalue weighted by Crippen LogP contribution is 2.45. The van der Waals surface area contributed by atoms with E-state index in [-0.39, 0.29) is 12.4 Å². The van der Waals surface area contributed by atoms with Gasteiger partial charge in [-0.2, -0.15) is 10.4 Å². The van der Waals surface area contributed by atoms with Crippen molar-refractivity contribution < 1.29 is 9.13 Å². The Morgan fingerprint density at radius 2 is 2.17 bits per heavy atom. The van der Waals surface area contributed by atoms with Crippen molar-refractivity contribution in [2.45, 2.75) is 31.7 Å². The van der Waals surface area contributed by atoms with Crippen molar-refractivity contribution in [3.8, 4) is 23.1 Å². The number of nitrogens with zero attached hydrogens (tertiary/aromatic N) is 5. The summed E-state index contributed by atoms with van der Waals surface area (Å²) in [4.78, 5) is 8.65. The Labute approximate surface area is 177 Å². The Morgan fingerprint density at radius 1 is 1.33 bits per heavy atom. The summed E-state index contributed by atoms with van der Waals surface area (Å²) in [5, 5.41) is 16.9. The zero-order valence-electron chi connectivity index (χ0n) is 16.0. The molecule has 7 nitrogen and oxygen atoms in total. The molecule has 3 aromatic rings. The second kappa shape index (κ2) is 7.26. The molecule has 0 atom stereocenters. The van der Waals surface area contributed by atoms with Crippen LogP contribution in [-0.4, -0.2) is 26.4 Å². The zero-order valence-corrected chi connectivity index (χ0v) is 16.7. The number of nitriles is 1. The lowest BCUT2D eigenvalue weighted by atomic mass is 10.1. The van der Waals surface area contributed by atoms with Gasteiger partial charge in [0, 0.05) is 11.8 Å². The fourth-order valence-electron chi connectivity index (χ4n) is 3.12. The van der Waals surface area contributed by atoms with Crippen molar-refractivity contribution in [1.82, 2.24) is 19.7 Å². The van der Waals surface area contributed by atoms with Crippen LogP contribution >= 0.6 is 11.6 Å². The van der Waals surface area contributed by atoms with E-state index in [0.29, 0.717) is 28.3 Å². The molecular formula is C21H18ClFN6O. The van der Waals surface area contributed by atoms with Crippen molar-refractivity contribution in [2.75, 3.05) is 11.9 Å². The standard InChI is InChI=1S/C21H18ClFN6O/c22-16-9-25-20(27-14-8-26-29(10-14)15-2-3-15)28-19(16)13-1-4-18(17(23)7-13)30-12-21(11-24)5-6-21/h1,4,7-10,15H,2-3,5-6,12H2,(H,25,27,28). The van der Waals surface area contributed by atoms with Gasteiger partial charge in [-0.15, -0.1) is 0 Å². The number of ether oxygens (including phenoxy) is 1. The third-order valence-electron chi connectivity index (χ3n) is 5.32. The van der Waals surface area contributed by atoms with E-state index >= 15 is 0 Å². The van der Waals surface area contributed by atoms with Crippen molar-refractivity contribution in [1.29, 1.82) is 5.26 Å². The second-order valence-corrected chi connectivity index (χ2v) is 8.19. The Balaban J connectivity index is 1.34. The first kappa shape index (κ1) is 18.8. The van der Waals surface area contributed by atoms with E-state index in [1.54, 1.807) is 12.3 Å². The monoisotopic (exact) mass is 424 g/mol. The lowest BCUT2D eigenvalue weighted by molar-refractivity contribution is 0.257. The average molecular weight is 425 g/mol. The highest BCUT2D eigenvalue weighted by Gasteiger charge is 2.44. The van der Waals surface area contributed by atoms with E-state index in [1.807, 2.05) is 10.9 Å². The summed E-state index contributed by atoms with van der Waals surface area (Å²) in [6.07, 6.45) is 8.97. The van der Waals surface area contributed by atoms with E-state index in [1.165, 1.54) is 18.3 Å². The molecule has 0 bridgehead atoms. The molecule has 152 valence electrons. The van der Waals surface area contributed by atoms with Crippen LogP contribution in [0.15, 0.2) is 36.8 Å². The molecule has 0 amide bonds. The number of nitrogens with one attached hydrogen (secondary N) is 1. The van der Waals surface area contributed by atoms with Crippen LogP contribution in [0.25, 0.3) is 11.3 Å². The van der Waals surface area contributed by atoms with E-state index in [0.717, 1.165) is 31.4 Å². The Hall–Kier alpha value is -3.18. The van der Waals surface area contributed by atoms with Crippen molar-refractivity contribution in [3.05, 3.63) is 47.6 Å². The van der Waals surface area contributed by atoms with Crippen LogP contribution in [0.4, 0.5) is 16.0 Å². The molecule has 2 fully saturated rings. The Morgan fingerprint density at radius 3 is 2.87 bits per heavy atom. The summed E-state index contributed by atoms with van der Waals surface area (Å²) in [5.41, 5.74) is 1.22. The molecule has 9 heteroatoms. The van der Waals surface area contributed by atoms with Gasteiger partial charge >= 0.3 is 0 Å². The van der Waals surface area contributed by atoms with E-state index in [4.69, 9.17) is 21.6 Å². The first-order valence-corrected chi connectivity index (χ1v) is 10.1. The Bertz CT molecular complexity index is 1150. The number of anilines is 2. The second-order valence-electron chi connectivity index (χ2n) is 7.78. The minimum absolute atomic E-state index is 0.108. The van der Waals surface area contributed by atoms with Gasteiger partial charge in [0.25, 0.3) is 0 Å². The lowest BCUT2D eigenvalue weighted by Gasteiger charge is -2.12. The topological polar surface area (TPSA) is 88.6 Å². The van der Waals surface area contributed by atoms with E-state index in [2.05, 4.69) is 26.5 Å². The minimum Gasteiger partial charge on any atom is -0.489 e. The maximum Gasteiger partial charge on any atom is 0.227 e. The molecule has 1 aromatic carbocycles. The van der Waals surface area contributed by atoms with Gasteiger partial charge in [-0.05, 0) is 43.9 Å². The molecule has 1 N–H and O–H groups in total. The molecule has 0 unspecified atom stereocenters. The van der Waals surface area contributed by atoms with Crippen LogP contribution < -0.4 is 10.1 Å². The molecule has 2 aliphatic carbocycles. The fraction of sp³-hybridized carbons (Fsp3) is 0.333. The summed E-state index contributed by atoms with van der Waals surface area (Å²) >= 11 is 6.27. The molecule has 5 rings (SSSR count). The molecule has 2 heterocycles. The SMILES string of the molecule is N#CC1(COc2ccc(-c3nc(Nc4cnn(C5CC5)c4)ncc3Cl)cc2F)CC1. The van der Waals surface area contributed by atoms with Crippen molar-refractivity contribution in [2.24, 2.45) is 5.41 Å². The molecule has 2 saturated carbocycles. The number of rotatable bonds is 7.